The first kappa shape index (κ1) is 68.6. The normalized spacial score (nSPS) is 36.8. The number of aliphatic hydroxyl groups is 6. The molecular weight excluding hydrogens is 1250 g/mol. The van der Waals surface area contributed by atoms with Crippen LogP contribution in [-0.4, -0.2) is 224 Å². The van der Waals surface area contributed by atoms with E-state index in [0.717, 1.165) is 11.8 Å². The van der Waals surface area contributed by atoms with E-state index in [4.69, 9.17) is 61.7 Å². The maximum atomic E-state index is 14.4. The highest BCUT2D eigenvalue weighted by Crippen LogP contribution is 2.51. The van der Waals surface area contributed by atoms with Crippen molar-refractivity contribution >= 4 is 70.3 Å². The van der Waals surface area contributed by atoms with E-state index >= 15 is 0 Å². The van der Waals surface area contributed by atoms with Crippen molar-refractivity contribution in [1.29, 1.82) is 0 Å². The zero-order chi connectivity index (χ0) is 61.2. The Hall–Kier alpha value is -2.90. The van der Waals surface area contributed by atoms with Gasteiger partial charge in [0.2, 0.25) is 17.2 Å². The molecule has 4 aliphatic heterocycles. The number of amides is 1. The number of methoxy groups -OCH3 is 5. The minimum atomic E-state index is -1.96. The molecule has 0 spiro atoms. The lowest BCUT2D eigenvalue weighted by molar-refractivity contribution is -0.336. The lowest BCUT2D eigenvalue weighted by Crippen LogP contribution is -2.65. The van der Waals surface area contributed by atoms with E-state index in [9.17, 15) is 40.2 Å². The molecule has 2 aliphatic carbocycles. The van der Waals surface area contributed by atoms with Gasteiger partial charge in [0.1, 0.15) is 36.6 Å². The van der Waals surface area contributed by atoms with Crippen LogP contribution in [0.2, 0.25) is 0 Å². The number of alkyl carbamates (subject to hydrolysis) is 1. The molecule has 4 fully saturated rings. The largest absolute Gasteiger partial charge is 0.492 e. The number of hydrogen-bond donors (Lipinski definition) is 9. The van der Waals surface area contributed by atoms with Crippen molar-refractivity contribution in [1.82, 2.24) is 16.1 Å². The number of aliphatic hydroxyl groups excluding tert-OH is 5. The number of likely N-dealkylation sites (N-methyl/N-ethyl adjacent to an activating group) is 1. The number of carbonyl (C=O) groups is 2. The molecule has 6 aliphatic rings. The second-order valence-corrected chi connectivity index (χ2v) is 26.6. The zero-order valence-corrected chi connectivity index (χ0v) is 53.1. The topological polar surface area (TPSA) is 312 Å². The maximum absolute atomic E-state index is 14.4. The number of thioether (sulfide) groups is 1. The quantitative estimate of drug-likeness (QED) is 0.0349. The molecule has 4 saturated heterocycles. The van der Waals surface area contributed by atoms with E-state index in [1.807, 2.05) is 13.2 Å². The smallest absolute Gasteiger partial charge is 0.411 e. The van der Waals surface area contributed by atoms with Crippen molar-refractivity contribution in [3.8, 4) is 40.9 Å². The summed E-state index contributed by atoms with van der Waals surface area (Å²) >= 11 is 4.36. The summed E-state index contributed by atoms with van der Waals surface area (Å²) in [6.45, 7) is 9.39. The number of ether oxygens (including phenoxy) is 12. The Morgan fingerprint density at radius 1 is 0.869 bits per heavy atom. The first-order valence-corrected chi connectivity index (χ1v) is 32.8. The summed E-state index contributed by atoms with van der Waals surface area (Å²) in [6, 6.07) is -1.25. The summed E-state index contributed by atoms with van der Waals surface area (Å²) in [5, 5.41) is 74.5. The molecular formula is C55H76BrN3O21S4. The van der Waals surface area contributed by atoms with E-state index in [1.54, 1.807) is 40.9 Å². The van der Waals surface area contributed by atoms with Crippen LogP contribution in [-0.2, 0) is 47.5 Å². The van der Waals surface area contributed by atoms with Crippen LogP contribution in [0.5, 0.6) is 17.2 Å². The van der Waals surface area contributed by atoms with Crippen molar-refractivity contribution in [3.63, 3.8) is 0 Å². The van der Waals surface area contributed by atoms with Crippen LogP contribution in [0.1, 0.15) is 62.9 Å². The average Bonchev–Trinajstić information content (AvgIpc) is 1.36. The van der Waals surface area contributed by atoms with E-state index in [0.29, 0.717) is 17.9 Å². The Bertz CT molecular complexity index is 2660. The Balaban J connectivity index is 1.12. The fourth-order valence-corrected chi connectivity index (χ4v) is 14.7. The second kappa shape index (κ2) is 31.5. The molecule has 20 atom stereocenters. The van der Waals surface area contributed by atoms with Gasteiger partial charge < -0.3 is 92.8 Å². The number of halogens is 1. The highest BCUT2D eigenvalue weighted by atomic mass is 79.9. The third-order valence-electron chi connectivity index (χ3n) is 14.9. The van der Waals surface area contributed by atoms with E-state index < -0.39 is 120 Å². The van der Waals surface area contributed by atoms with Gasteiger partial charge in [-0.15, -0.1) is 0 Å². The number of hydrogen-bond acceptors (Lipinski definition) is 27. The third-order valence-corrected chi connectivity index (χ3v) is 21.0. The highest BCUT2D eigenvalue weighted by Gasteiger charge is 2.52. The number of nitrogens with one attached hydrogen (secondary N) is 3. The van der Waals surface area contributed by atoms with Crippen molar-refractivity contribution in [2.75, 3.05) is 60.7 Å². The monoisotopic (exact) mass is 1320 g/mol. The molecule has 0 saturated carbocycles. The van der Waals surface area contributed by atoms with Gasteiger partial charge in [-0.1, -0.05) is 70.0 Å². The molecule has 1 aromatic rings. The van der Waals surface area contributed by atoms with Crippen LogP contribution < -0.4 is 30.3 Å². The summed E-state index contributed by atoms with van der Waals surface area (Å²) < 4.78 is 72.4. The molecule has 7 rings (SSSR count). The summed E-state index contributed by atoms with van der Waals surface area (Å²) in [4.78, 5) is 33.5. The predicted octanol–water partition coefficient (Wildman–Crippen LogP) is 3.15. The van der Waals surface area contributed by atoms with Gasteiger partial charge in [-0.3, -0.25) is 14.9 Å². The van der Waals surface area contributed by atoms with E-state index in [2.05, 4.69) is 55.7 Å². The van der Waals surface area contributed by atoms with E-state index in [-0.39, 0.29) is 82.1 Å². The van der Waals surface area contributed by atoms with Gasteiger partial charge in [-0.2, -0.15) is 5.48 Å². The van der Waals surface area contributed by atoms with Crippen molar-refractivity contribution in [2.45, 2.75) is 175 Å². The molecule has 29 heteroatoms. The molecule has 24 nitrogen and oxygen atoms in total. The van der Waals surface area contributed by atoms with Crippen molar-refractivity contribution in [3.05, 3.63) is 50.7 Å². The number of benzene rings is 1. The number of fused-ring (bicyclic) bond motifs is 2. The highest BCUT2D eigenvalue weighted by molar-refractivity contribution is 9.10. The summed E-state index contributed by atoms with van der Waals surface area (Å²) in [5.41, 5.74) is 1.65. The lowest BCUT2D eigenvalue weighted by Gasteiger charge is -2.47. The number of carbonyl (C=O) groups excluding carboxylic acids is 2. The van der Waals surface area contributed by atoms with Gasteiger partial charge >= 0.3 is 6.09 Å². The van der Waals surface area contributed by atoms with Gasteiger partial charge in [0.25, 0.3) is 0 Å². The Morgan fingerprint density at radius 2 is 1.60 bits per heavy atom. The third kappa shape index (κ3) is 15.7. The first-order chi connectivity index (χ1) is 40.2. The molecule has 468 valence electrons. The van der Waals surface area contributed by atoms with Gasteiger partial charge in [0.15, 0.2) is 36.0 Å². The molecule has 1 aromatic carbocycles. The SMILES string of the molecule is CCN[C@H]1CO[C@@H](O[C@H]2[C@H](O[C@@H]3C#C/C=C\C#C[C@]4(O)C[C@@H](O)C(NC(=O)OC)=C3/C4=C\CSSSC)O[C@H](C)[C@@H](NO[C@H]3C[C@H](O)[C@H](SC(=O)c4c(C)c(Br)c(O[C@@H]5O[C@@H](C)[C@H](O)[C@@H](OC)[C@H]5O)c(OC)c4OC)[C@@H](C)O3)[C@@H]2O)C[C@@H]1OC. The van der Waals surface area contributed by atoms with Gasteiger partial charge in [-0.05, 0) is 84.0 Å². The number of rotatable bonds is 22. The molecule has 0 aromatic heterocycles. The molecule has 0 unspecified atom stereocenters. The maximum Gasteiger partial charge on any atom is 0.411 e. The predicted molar refractivity (Wildman–Crippen MR) is 316 cm³/mol. The minimum Gasteiger partial charge on any atom is -0.492 e. The van der Waals surface area contributed by atoms with Crippen LogP contribution in [0.4, 0.5) is 4.79 Å². The van der Waals surface area contributed by atoms with Crippen LogP contribution >= 0.6 is 59.1 Å². The fourth-order valence-electron chi connectivity index (χ4n) is 10.7. The average molecular weight is 1320 g/mol. The molecule has 0 radical (unpaired) electrons. The van der Waals surface area contributed by atoms with Crippen LogP contribution in [0.25, 0.3) is 0 Å². The fraction of sp³-hybridized carbons (Fsp3) is 0.673. The van der Waals surface area contributed by atoms with Gasteiger partial charge in [0, 0.05) is 50.4 Å². The molecule has 4 heterocycles. The standard InChI is InChI=1S/C55H76BrN3O21S4/c1-12-57-30-24-73-35(22-34(30)68-6)78-48-43(63)40(26(3)75-53(48)77-33-17-15-13-14-16-19-55(67)23-32(61)41(58-54(66)72-10)38(33)29(55)18-20-82-84-81-11)59-80-36-21-31(60)50(28(5)74-36)83-51(65)37-25(2)39(56)46(49(71-9)45(37)69-7)79-52-44(64)47(70-8)42(62)27(4)76-52/h13-14,18,26-28,30-36,40,42-44,47-48,50,52-53,57,59-64,67H,12,20-24H2,1-11H3,(H,58,66)/b14-13-,29-18+/t26-,27+,28-,30+,31+,32-,33-,34+,35+,36+,40-,42+,43+,44-,47-,48-,50-,52+,53+,55+/m1/s1. The minimum absolute atomic E-state index is 0.00166. The summed E-state index contributed by atoms with van der Waals surface area (Å²) in [7, 11) is 11.3. The molecule has 84 heavy (non-hydrogen) atoms. The van der Waals surface area contributed by atoms with Crippen molar-refractivity contribution < 1.29 is 102 Å². The molecule has 1 amide bonds. The van der Waals surface area contributed by atoms with Gasteiger partial charge in [0.05, 0.1) is 97.6 Å². The van der Waals surface area contributed by atoms with Crippen LogP contribution in [0, 0.1) is 30.6 Å². The Kier molecular flexibility index (Phi) is 25.7. The van der Waals surface area contributed by atoms with E-state index in [1.165, 1.54) is 72.0 Å². The number of allylic oxidation sites excluding steroid dienone is 2. The van der Waals surface area contributed by atoms with Crippen LogP contribution in [0.3, 0.4) is 0 Å². The molecule has 2 bridgehead atoms. The Labute approximate surface area is 513 Å². The van der Waals surface area contributed by atoms with Gasteiger partial charge in [-0.25, -0.2) is 4.79 Å². The Morgan fingerprint density at radius 3 is 2.26 bits per heavy atom. The zero-order valence-electron chi connectivity index (χ0n) is 48.3. The van der Waals surface area contributed by atoms with Crippen LogP contribution in [0.15, 0.2) is 39.5 Å². The second-order valence-electron chi connectivity index (χ2n) is 20.2. The molecule has 9 N–H and O–H groups in total. The summed E-state index contributed by atoms with van der Waals surface area (Å²) in [6.07, 6.45) is -12.9. The lowest BCUT2D eigenvalue weighted by atomic mass is 9.74. The summed E-state index contributed by atoms with van der Waals surface area (Å²) in [5.74, 6) is 12.1. The van der Waals surface area contributed by atoms with Crippen molar-refractivity contribution in [2.24, 2.45) is 0 Å². The first-order valence-electron chi connectivity index (χ1n) is 27.0. The number of hydroxylamine groups is 1.